The fourth-order valence-electron chi connectivity index (χ4n) is 2.09. The SMILES string of the molecule is Cc1cc2nnc(SCCc3ccccn3)n2c(C)n1. The van der Waals surface area contributed by atoms with Crippen molar-refractivity contribution in [3.8, 4) is 0 Å². The average molecular weight is 285 g/mol. The Balaban J connectivity index is 1.75. The van der Waals surface area contributed by atoms with Gasteiger partial charge in [-0.1, -0.05) is 17.8 Å². The summed E-state index contributed by atoms with van der Waals surface area (Å²) in [5.41, 5.74) is 2.92. The normalized spacial score (nSPS) is 11.1. The first-order valence-corrected chi connectivity index (χ1v) is 7.45. The molecule has 3 heterocycles. The minimum atomic E-state index is 0.857. The summed E-state index contributed by atoms with van der Waals surface area (Å²) in [4.78, 5) is 8.78. The molecule has 0 atom stereocenters. The molecule has 0 aliphatic carbocycles. The smallest absolute Gasteiger partial charge is 0.197 e. The molecule has 3 aromatic rings. The Hall–Kier alpha value is -1.95. The lowest BCUT2D eigenvalue weighted by atomic mass is 10.3. The van der Waals surface area contributed by atoms with Crippen LogP contribution in [0.2, 0.25) is 0 Å². The van der Waals surface area contributed by atoms with E-state index in [1.807, 2.05) is 48.7 Å². The van der Waals surface area contributed by atoms with Crippen LogP contribution < -0.4 is 0 Å². The zero-order chi connectivity index (χ0) is 13.9. The van der Waals surface area contributed by atoms with Crippen LogP contribution in [0.4, 0.5) is 0 Å². The first kappa shape index (κ1) is 13.1. The van der Waals surface area contributed by atoms with Gasteiger partial charge in [-0.2, -0.15) is 0 Å². The fourth-order valence-corrected chi connectivity index (χ4v) is 3.04. The summed E-state index contributed by atoms with van der Waals surface area (Å²) in [6, 6.07) is 7.93. The second-order valence-corrected chi connectivity index (χ2v) is 5.60. The van der Waals surface area contributed by atoms with Gasteiger partial charge in [-0.05, 0) is 32.4 Å². The Bertz CT molecular complexity index is 723. The van der Waals surface area contributed by atoms with Gasteiger partial charge in [0.2, 0.25) is 0 Å². The van der Waals surface area contributed by atoms with Gasteiger partial charge in [0.1, 0.15) is 5.82 Å². The molecule has 5 nitrogen and oxygen atoms in total. The van der Waals surface area contributed by atoms with Crippen LogP contribution >= 0.6 is 11.8 Å². The summed E-state index contributed by atoms with van der Waals surface area (Å²) < 4.78 is 2.00. The van der Waals surface area contributed by atoms with Gasteiger partial charge in [0.15, 0.2) is 10.8 Å². The molecule has 0 fully saturated rings. The number of thioether (sulfide) groups is 1. The molecule has 0 unspecified atom stereocenters. The van der Waals surface area contributed by atoms with Crippen molar-refractivity contribution in [1.82, 2.24) is 24.6 Å². The molecule has 0 saturated carbocycles. The van der Waals surface area contributed by atoms with E-state index in [0.29, 0.717) is 0 Å². The predicted molar refractivity (Wildman–Crippen MR) is 78.9 cm³/mol. The standard InChI is InChI=1S/C14H15N5S/c1-10-9-13-17-18-14(19(13)11(2)16-10)20-8-6-12-5-3-4-7-15-12/h3-5,7,9H,6,8H2,1-2H3. The summed E-state index contributed by atoms with van der Waals surface area (Å²) in [6.45, 7) is 3.95. The van der Waals surface area contributed by atoms with Crippen molar-refractivity contribution >= 4 is 17.4 Å². The molecule has 0 aliphatic rings. The maximum absolute atomic E-state index is 4.46. The van der Waals surface area contributed by atoms with Crippen molar-refractivity contribution in [2.45, 2.75) is 25.4 Å². The van der Waals surface area contributed by atoms with Gasteiger partial charge in [-0.25, -0.2) is 4.98 Å². The van der Waals surface area contributed by atoms with Crippen LogP contribution in [0.3, 0.4) is 0 Å². The quantitative estimate of drug-likeness (QED) is 0.689. The summed E-state index contributed by atoms with van der Waals surface area (Å²) in [6.07, 6.45) is 2.74. The Labute approximate surface area is 121 Å². The lowest BCUT2D eigenvalue weighted by Crippen LogP contribution is -1.99. The van der Waals surface area contributed by atoms with Gasteiger partial charge in [0.05, 0.1) is 0 Å². The molecule has 0 aliphatic heterocycles. The lowest BCUT2D eigenvalue weighted by Gasteiger charge is -2.03. The van der Waals surface area contributed by atoms with Gasteiger partial charge in [0, 0.05) is 29.4 Å². The fraction of sp³-hybridized carbons (Fsp3) is 0.286. The summed E-state index contributed by atoms with van der Waals surface area (Å²) in [5.74, 6) is 1.84. The molecule has 0 saturated heterocycles. The predicted octanol–water partition coefficient (Wildman–Crippen LogP) is 2.47. The van der Waals surface area contributed by atoms with Gasteiger partial charge < -0.3 is 0 Å². The van der Waals surface area contributed by atoms with Crippen molar-refractivity contribution < 1.29 is 0 Å². The van der Waals surface area contributed by atoms with Crippen LogP contribution in [0.25, 0.3) is 5.65 Å². The van der Waals surface area contributed by atoms with Crippen LogP contribution in [0.15, 0.2) is 35.6 Å². The molecule has 20 heavy (non-hydrogen) atoms. The van der Waals surface area contributed by atoms with E-state index in [2.05, 4.69) is 20.2 Å². The molecular formula is C14H15N5S. The number of nitrogens with zero attached hydrogens (tertiary/aromatic N) is 5. The van der Waals surface area contributed by atoms with E-state index in [0.717, 1.165) is 40.2 Å². The van der Waals surface area contributed by atoms with Crippen LogP contribution in [0, 0.1) is 13.8 Å². The maximum atomic E-state index is 4.46. The molecule has 3 aromatic heterocycles. The number of hydrogen-bond donors (Lipinski definition) is 0. The third kappa shape index (κ3) is 2.65. The maximum Gasteiger partial charge on any atom is 0.197 e. The minimum Gasteiger partial charge on any atom is -0.261 e. The third-order valence-electron chi connectivity index (χ3n) is 2.97. The van der Waals surface area contributed by atoms with E-state index < -0.39 is 0 Å². The Morgan fingerprint density at radius 2 is 2.10 bits per heavy atom. The average Bonchev–Trinajstić information content (AvgIpc) is 2.83. The van der Waals surface area contributed by atoms with Crippen molar-refractivity contribution in [1.29, 1.82) is 0 Å². The van der Waals surface area contributed by atoms with E-state index in [1.54, 1.807) is 11.8 Å². The van der Waals surface area contributed by atoms with E-state index in [1.165, 1.54) is 0 Å². The first-order chi connectivity index (χ1) is 9.74. The van der Waals surface area contributed by atoms with Crippen LogP contribution in [0.1, 0.15) is 17.2 Å². The molecule has 0 spiro atoms. The molecule has 0 amide bonds. The number of hydrogen-bond acceptors (Lipinski definition) is 5. The van der Waals surface area contributed by atoms with Crippen molar-refractivity contribution in [2.75, 3.05) is 5.75 Å². The summed E-state index contributed by atoms with van der Waals surface area (Å²) >= 11 is 1.68. The third-order valence-corrected chi connectivity index (χ3v) is 3.90. The number of aryl methyl sites for hydroxylation is 3. The van der Waals surface area contributed by atoms with E-state index >= 15 is 0 Å². The highest BCUT2D eigenvalue weighted by molar-refractivity contribution is 7.99. The molecule has 0 radical (unpaired) electrons. The second-order valence-electron chi connectivity index (χ2n) is 4.54. The Kier molecular flexibility index (Phi) is 3.64. The van der Waals surface area contributed by atoms with Crippen LogP contribution in [-0.4, -0.2) is 30.3 Å². The van der Waals surface area contributed by atoms with Crippen molar-refractivity contribution in [3.63, 3.8) is 0 Å². The zero-order valence-electron chi connectivity index (χ0n) is 11.4. The second kappa shape index (κ2) is 5.58. The number of fused-ring (bicyclic) bond motifs is 1. The van der Waals surface area contributed by atoms with E-state index in [-0.39, 0.29) is 0 Å². The van der Waals surface area contributed by atoms with Gasteiger partial charge in [0.25, 0.3) is 0 Å². The zero-order valence-corrected chi connectivity index (χ0v) is 12.3. The monoisotopic (exact) mass is 285 g/mol. The largest absolute Gasteiger partial charge is 0.261 e. The van der Waals surface area contributed by atoms with Gasteiger partial charge >= 0.3 is 0 Å². The number of rotatable bonds is 4. The first-order valence-electron chi connectivity index (χ1n) is 6.46. The summed E-state index contributed by atoms with van der Waals surface area (Å²) in [5, 5.41) is 9.34. The lowest BCUT2D eigenvalue weighted by molar-refractivity contribution is 0.853. The molecule has 0 bridgehead atoms. The highest BCUT2D eigenvalue weighted by Gasteiger charge is 2.09. The minimum absolute atomic E-state index is 0.857. The van der Waals surface area contributed by atoms with Crippen LogP contribution in [-0.2, 0) is 6.42 Å². The highest BCUT2D eigenvalue weighted by Crippen LogP contribution is 2.19. The van der Waals surface area contributed by atoms with Gasteiger partial charge in [-0.15, -0.1) is 10.2 Å². The molecular weight excluding hydrogens is 270 g/mol. The highest BCUT2D eigenvalue weighted by atomic mass is 32.2. The van der Waals surface area contributed by atoms with E-state index in [4.69, 9.17) is 0 Å². The molecule has 102 valence electrons. The van der Waals surface area contributed by atoms with Gasteiger partial charge in [-0.3, -0.25) is 9.38 Å². The van der Waals surface area contributed by atoms with Crippen molar-refractivity contribution in [2.24, 2.45) is 0 Å². The Morgan fingerprint density at radius 3 is 2.90 bits per heavy atom. The molecule has 3 rings (SSSR count). The molecule has 0 aromatic carbocycles. The number of pyridine rings is 1. The molecule has 6 heteroatoms. The van der Waals surface area contributed by atoms with E-state index in [9.17, 15) is 0 Å². The van der Waals surface area contributed by atoms with Crippen LogP contribution in [0.5, 0.6) is 0 Å². The summed E-state index contributed by atoms with van der Waals surface area (Å²) in [7, 11) is 0. The Morgan fingerprint density at radius 1 is 1.20 bits per heavy atom. The number of aromatic nitrogens is 5. The molecule has 0 N–H and O–H groups in total. The van der Waals surface area contributed by atoms with Crippen molar-refractivity contribution in [3.05, 3.63) is 47.7 Å². The topological polar surface area (TPSA) is 56.0 Å².